The second-order valence-corrected chi connectivity index (χ2v) is 3.11. The fraction of sp³-hybridized carbons (Fsp3) is 0.625. The van der Waals surface area contributed by atoms with Crippen molar-refractivity contribution < 1.29 is 0 Å². The predicted octanol–water partition coefficient (Wildman–Crippen LogP) is 0.295. The molecule has 0 spiro atoms. The van der Waals surface area contributed by atoms with Crippen molar-refractivity contribution in [3.05, 3.63) is 17.5 Å². The van der Waals surface area contributed by atoms with Gasteiger partial charge in [-0.2, -0.15) is 5.10 Å². The summed E-state index contributed by atoms with van der Waals surface area (Å²) in [6.45, 7) is 2.91. The maximum Gasteiger partial charge on any atom is 0.0538 e. The molecule has 0 saturated heterocycles. The van der Waals surface area contributed by atoms with Gasteiger partial charge in [-0.05, 0) is 6.92 Å². The maximum absolute atomic E-state index is 4.15. The molecule has 0 atom stereocenters. The van der Waals surface area contributed by atoms with E-state index in [0.29, 0.717) is 0 Å². The van der Waals surface area contributed by atoms with E-state index in [1.54, 1.807) is 0 Å². The topological polar surface area (TPSA) is 33.1 Å². The molecule has 0 saturated carbocycles. The Bertz CT molecular complexity index is 252. The molecule has 68 valence electrons. The Hall–Kier alpha value is -0.870. The van der Waals surface area contributed by atoms with Crippen molar-refractivity contribution in [3.8, 4) is 0 Å². The van der Waals surface area contributed by atoms with Gasteiger partial charge in [-0.15, -0.1) is 0 Å². The van der Waals surface area contributed by atoms with Gasteiger partial charge in [0.25, 0.3) is 0 Å². The number of hydrogen-bond acceptors (Lipinski definition) is 3. The molecule has 0 aliphatic carbocycles. The fourth-order valence-corrected chi connectivity index (χ4v) is 0.961. The lowest BCUT2D eigenvalue weighted by Gasteiger charge is -2.10. The van der Waals surface area contributed by atoms with E-state index in [9.17, 15) is 0 Å². The summed E-state index contributed by atoms with van der Waals surface area (Å²) in [6.07, 6.45) is 1.89. The van der Waals surface area contributed by atoms with E-state index in [4.69, 9.17) is 0 Å². The van der Waals surface area contributed by atoms with Crippen molar-refractivity contribution in [3.63, 3.8) is 0 Å². The molecule has 0 unspecified atom stereocenters. The smallest absolute Gasteiger partial charge is 0.0538 e. The highest BCUT2D eigenvalue weighted by Gasteiger charge is 2.02. The van der Waals surface area contributed by atoms with Gasteiger partial charge in [0, 0.05) is 38.9 Å². The normalized spacial score (nSPS) is 11.1. The van der Waals surface area contributed by atoms with Crippen molar-refractivity contribution in [2.24, 2.45) is 7.05 Å². The molecule has 0 amide bonds. The third-order valence-electron chi connectivity index (χ3n) is 1.92. The van der Waals surface area contributed by atoms with Crippen LogP contribution in [0.4, 0.5) is 0 Å². The second kappa shape index (κ2) is 3.69. The van der Waals surface area contributed by atoms with Crippen molar-refractivity contribution in [2.45, 2.75) is 13.5 Å². The number of nitrogens with one attached hydrogen (secondary N) is 1. The molecule has 4 nitrogen and oxygen atoms in total. The Morgan fingerprint density at radius 3 is 2.67 bits per heavy atom. The number of aryl methyl sites for hydroxylation is 1. The quantitative estimate of drug-likeness (QED) is 0.659. The molecule has 0 aliphatic rings. The van der Waals surface area contributed by atoms with Crippen molar-refractivity contribution >= 4 is 0 Å². The standard InChI is InChI=1S/C8H16N4/c1-7-8(5-9-11(2)3)6-10-12(7)4/h6,9H,5H2,1-4H3. The van der Waals surface area contributed by atoms with Crippen LogP contribution in [-0.4, -0.2) is 28.9 Å². The minimum Gasteiger partial charge on any atom is -0.273 e. The number of hydrazine groups is 1. The molecule has 1 N–H and O–H groups in total. The van der Waals surface area contributed by atoms with Gasteiger partial charge in [0.2, 0.25) is 0 Å². The highest BCUT2D eigenvalue weighted by molar-refractivity contribution is 5.15. The molecule has 1 rings (SSSR count). The monoisotopic (exact) mass is 168 g/mol. The molecule has 0 radical (unpaired) electrons. The van der Waals surface area contributed by atoms with Gasteiger partial charge >= 0.3 is 0 Å². The molecule has 0 aromatic carbocycles. The van der Waals surface area contributed by atoms with Crippen LogP contribution >= 0.6 is 0 Å². The zero-order chi connectivity index (χ0) is 9.14. The van der Waals surface area contributed by atoms with Crippen LogP contribution in [-0.2, 0) is 13.6 Å². The van der Waals surface area contributed by atoms with Gasteiger partial charge < -0.3 is 0 Å². The highest BCUT2D eigenvalue weighted by Crippen LogP contribution is 2.04. The van der Waals surface area contributed by atoms with Crippen molar-refractivity contribution in [1.82, 2.24) is 20.2 Å². The van der Waals surface area contributed by atoms with Crippen LogP contribution in [0.15, 0.2) is 6.20 Å². The van der Waals surface area contributed by atoms with Crippen LogP contribution in [0, 0.1) is 6.92 Å². The van der Waals surface area contributed by atoms with E-state index in [2.05, 4.69) is 17.4 Å². The lowest BCUT2D eigenvalue weighted by atomic mass is 10.3. The zero-order valence-electron chi connectivity index (χ0n) is 8.13. The summed E-state index contributed by atoms with van der Waals surface area (Å²) >= 11 is 0. The minimum atomic E-state index is 0.840. The number of nitrogens with zero attached hydrogens (tertiary/aromatic N) is 3. The summed E-state index contributed by atoms with van der Waals surface area (Å²) in [5, 5.41) is 6.09. The largest absolute Gasteiger partial charge is 0.273 e. The van der Waals surface area contributed by atoms with E-state index in [1.165, 1.54) is 11.3 Å². The Kier molecular flexibility index (Phi) is 2.83. The van der Waals surface area contributed by atoms with Crippen LogP contribution in [0.5, 0.6) is 0 Å². The first-order chi connectivity index (χ1) is 5.61. The van der Waals surface area contributed by atoms with Crippen LogP contribution < -0.4 is 5.43 Å². The molecule has 1 aromatic heterocycles. The number of hydrogen-bond donors (Lipinski definition) is 1. The SMILES string of the molecule is Cc1c(CNN(C)C)cnn1C. The summed E-state index contributed by atoms with van der Waals surface area (Å²) in [4.78, 5) is 0. The van der Waals surface area contributed by atoms with E-state index in [1.807, 2.05) is 37.0 Å². The minimum absolute atomic E-state index is 0.840. The summed E-state index contributed by atoms with van der Waals surface area (Å²) in [7, 11) is 5.91. The molecule has 1 heterocycles. The Labute approximate surface area is 73.1 Å². The van der Waals surface area contributed by atoms with E-state index in [0.717, 1.165) is 6.54 Å². The van der Waals surface area contributed by atoms with Gasteiger partial charge in [-0.3, -0.25) is 15.1 Å². The van der Waals surface area contributed by atoms with E-state index < -0.39 is 0 Å². The van der Waals surface area contributed by atoms with E-state index >= 15 is 0 Å². The molecule has 1 aromatic rings. The van der Waals surface area contributed by atoms with Gasteiger partial charge in [0.15, 0.2) is 0 Å². The van der Waals surface area contributed by atoms with Crippen LogP contribution in [0.3, 0.4) is 0 Å². The number of rotatable bonds is 3. The fourth-order valence-electron chi connectivity index (χ4n) is 0.961. The number of aromatic nitrogens is 2. The highest BCUT2D eigenvalue weighted by atomic mass is 15.5. The summed E-state index contributed by atoms with van der Waals surface area (Å²) < 4.78 is 1.88. The first-order valence-electron chi connectivity index (χ1n) is 3.99. The van der Waals surface area contributed by atoms with Gasteiger partial charge in [-0.25, -0.2) is 0 Å². The molecule has 0 aliphatic heterocycles. The second-order valence-electron chi connectivity index (χ2n) is 3.11. The molecule has 0 bridgehead atoms. The van der Waals surface area contributed by atoms with Crippen LogP contribution in [0.2, 0.25) is 0 Å². The molecule has 12 heavy (non-hydrogen) atoms. The first kappa shape index (κ1) is 9.22. The molecule has 0 fully saturated rings. The maximum atomic E-state index is 4.15. The third kappa shape index (κ3) is 2.06. The van der Waals surface area contributed by atoms with Crippen molar-refractivity contribution in [1.29, 1.82) is 0 Å². The summed E-state index contributed by atoms with van der Waals surface area (Å²) in [5.41, 5.74) is 5.65. The summed E-state index contributed by atoms with van der Waals surface area (Å²) in [5.74, 6) is 0. The Morgan fingerprint density at radius 2 is 2.25 bits per heavy atom. The Morgan fingerprint density at radius 1 is 1.58 bits per heavy atom. The molecule has 4 heteroatoms. The first-order valence-corrected chi connectivity index (χ1v) is 3.99. The lowest BCUT2D eigenvalue weighted by molar-refractivity contribution is 0.285. The zero-order valence-corrected chi connectivity index (χ0v) is 8.13. The average molecular weight is 168 g/mol. The van der Waals surface area contributed by atoms with Crippen molar-refractivity contribution in [2.75, 3.05) is 14.1 Å². The molecular weight excluding hydrogens is 152 g/mol. The summed E-state index contributed by atoms with van der Waals surface area (Å²) in [6, 6.07) is 0. The van der Waals surface area contributed by atoms with Gasteiger partial charge in [-0.1, -0.05) is 0 Å². The van der Waals surface area contributed by atoms with Gasteiger partial charge in [0.05, 0.1) is 6.20 Å². The van der Waals surface area contributed by atoms with Crippen LogP contribution in [0.1, 0.15) is 11.3 Å². The molecular formula is C8H16N4. The van der Waals surface area contributed by atoms with E-state index in [-0.39, 0.29) is 0 Å². The average Bonchev–Trinajstić information content (AvgIpc) is 2.30. The lowest BCUT2D eigenvalue weighted by Crippen LogP contribution is -2.29. The third-order valence-corrected chi connectivity index (χ3v) is 1.92. The van der Waals surface area contributed by atoms with Crippen LogP contribution in [0.25, 0.3) is 0 Å². The predicted molar refractivity (Wildman–Crippen MR) is 48.5 cm³/mol. The Balaban J connectivity index is 2.58. The van der Waals surface area contributed by atoms with Gasteiger partial charge in [0.1, 0.15) is 0 Å².